The molecule has 0 aliphatic heterocycles. The molecule has 0 spiro atoms. The van der Waals surface area contributed by atoms with Gasteiger partial charge in [-0.05, 0) is 18.1 Å². The van der Waals surface area contributed by atoms with E-state index in [-0.39, 0.29) is 0 Å². The molecule has 64 valence electrons. The Morgan fingerprint density at radius 2 is 2.25 bits per heavy atom. The normalized spacial score (nSPS) is 9.83. The van der Waals surface area contributed by atoms with Crippen LogP contribution >= 0.6 is 0 Å². The van der Waals surface area contributed by atoms with Crippen molar-refractivity contribution in [3.63, 3.8) is 0 Å². The first-order valence-electron chi connectivity index (χ1n) is 3.81. The predicted octanol–water partition coefficient (Wildman–Crippen LogP) is 1.95. The summed E-state index contributed by atoms with van der Waals surface area (Å²) in [6.07, 6.45) is 0.867. The van der Waals surface area contributed by atoms with Gasteiger partial charge in [0.05, 0.1) is 6.61 Å². The molecule has 2 nitrogen and oxygen atoms in total. The molecule has 0 saturated heterocycles. The third-order valence-corrected chi connectivity index (χ3v) is 1.77. The summed E-state index contributed by atoms with van der Waals surface area (Å²) in [5.74, 6) is 0. The van der Waals surface area contributed by atoms with Crippen LogP contribution in [-0.4, -0.2) is 13.4 Å². The zero-order chi connectivity index (χ0) is 8.97. The van der Waals surface area contributed by atoms with Gasteiger partial charge in [0.15, 0.2) is 0 Å². The summed E-state index contributed by atoms with van der Waals surface area (Å²) >= 11 is 0. The van der Waals surface area contributed by atoms with Crippen LogP contribution in [0, 0.1) is 6.92 Å². The Hall–Kier alpha value is -1.15. The number of ether oxygens (including phenoxy) is 1. The van der Waals surface area contributed by atoms with Crippen LogP contribution in [0.5, 0.6) is 0 Å². The van der Waals surface area contributed by atoms with Crippen molar-refractivity contribution in [3.05, 3.63) is 34.9 Å². The Bertz CT molecular complexity index is 279. The lowest BCUT2D eigenvalue weighted by Gasteiger charge is -2.02. The van der Waals surface area contributed by atoms with Crippen molar-refractivity contribution >= 4 is 6.29 Å². The van der Waals surface area contributed by atoms with Gasteiger partial charge in [0, 0.05) is 12.7 Å². The highest BCUT2D eigenvalue weighted by Crippen LogP contribution is 2.09. The van der Waals surface area contributed by atoms with Gasteiger partial charge in [-0.15, -0.1) is 0 Å². The van der Waals surface area contributed by atoms with E-state index >= 15 is 0 Å². The van der Waals surface area contributed by atoms with Crippen LogP contribution in [0.1, 0.15) is 21.5 Å². The number of aldehydes is 1. The van der Waals surface area contributed by atoms with Crippen molar-refractivity contribution in [2.24, 2.45) is 0 Å². The molecule has 12 heavy (non-hydrogen) atoms. The van der Waals surface area contributed by atoms with Crippen LogP contribution in [0.2, 0.25) is 0 Å². The van der Waals surface area contributed by atoms with Crippen molar-refractivity contribution in [1.29, 1.82) is 0 Å². The maximum atomic E-state index is 10.5. The van der Waals surface area contributed by atoms with Gasteiger partial charge in [-0.25, -0.2) is 0 Å². The molecule has 2 heteroatoms. The lowest BCUT2D eigenvalue weighted by molar-refractivity contribution is 0.112. The molecule has 0 aromatic heterocycles. The molecule has 0 saturated carbocycles. The lowest BCUT2D eigenvalue weighted by Crippen LogP contribution is -1.91. The largest absolute Gasteiger partial charge is 0.380 e. The Balaban J connectivity index is 2.93. The number of hydrogen-bond acceptors (Lipinski definition) is 2. The summed E-state index contributed by atoms with van der Waals surface area (Å²) in [5, 5.41) is 0. The maximum Gasteiger partial charge on any atom is 0.150 e. The van der Waals surface area contributed by atoms with Gasteiger partial charge < -0.3 is 4.74 Å². The first kappa shape index (κ1) is 8.94. The number of hydrogen-bond donors (Lipinski definition) is 0. The third kappa shape index (κ3) is 1.92. The minimum absolute atomic E-state index is 0.597. The monoisotopic (exact) mass is 164 g/mol. The van der Waals surface area contributed by atoms with Crippen LogP contribution < -0.4 is 0 Å². The topological polar surface area (TPSA) is 26.3 Å². The van der Waals surface area contributed by atoms with Crippen molar-refractivity contribution < 1.29 is 9.53 Å². The van der Waals surface area contributed by atoms with Gasteiger partial charge in [-0.1, -0.05) is 18.2 Å². The molecule has 0 amide bonds. The van der Waals surface area contributed by atoms with E-state index in [1.807, 2.05) is 25.1 Å². The van der Waals surface area contributed by atoms with Crippen LogP contribution in [0.3, 0.4) is 0 Å². The fraction of sp³-hybridized carbons (Fsp3) is 0.300. The maximum absolute atomic E-state index is 10.5. The van der Waals surface area contributed by atoms with Gasteiger partial charge in [-0.3, -0.25) is 4.79 Å². The van der Waals surface area contributed by atoms with Crippen molar-refractivity contribution in [2.75, 3.05) is 7.11 Å². The van der Waals surface area contributed by atoms with Crippen molar-refractivity contribution in [3.8, 4) is 0 Å². The van der Waals surface area contributed by atoms with E-state index in [0.717, 1.165) is 23.0 Å². The second-order valence-electron chi connectivity index (χ2n) is 2.74. The molecule has 0 heterocycles. The molecule has 0 aliphatic carbocycles. The summed E-state index contributed by atoms with van der Waals surface area (Å²) < 4.78 is 4.97. The summed E-state index contributed by atoms with van der Waals surface area (Å²) in [5.41, 5.74) is 2.84. The molecule has 0 N–H and O–H groups in total. The standard InChI is InChI=1S/C10H12O2/c1-8-5-9(7-12-2)3-4-10(8)6-11/h3-6H,7H2,1-2H3. The molecule has 1 aromatic carbocycles. The molecular formula is C10H12O2. The average molecular weight is 164 g/mol. The van der Waals surface area contributed by atoms with E-state index in [1.54, 1.807) is 7.11 Å². The quantitative estimate of drug-likeness (QED) is 0.638. The molecule has 0 bridgehead atoms. The molecule has 0 aliphatic rings. The second kappa shape index (κ2) is 4.02. The molecule has 1 rings (SSSR count). The Kier molecular flexibility index (Phi) is 3.00. The fourth-order valence-electron chi connectivity index (χ4n) is 1.13. The highest BCUT2D eigenvalue weighted by atomic mass is 16.5. The van der Waals surface area contributed by atoms with Crippen molar-refractivity contribution in [1.82, 2.24) is 0 Å². The number of carbonyl (C=O) groups is 1. The highest BCUT2D eigenvalue weighted by Gasteiger charge is 1.97. The van der Waals surface area contributed by atoms with Crippen LogP contribution in [0.4, 0.5) is 0 Å². The molecule has 0 unspecified atom stereocenters. The number of methoxy groups -OCH3 is 1. The minimum Gasteiger partial charge on any atom is -0.380 e. The van der Waals surface area contributed by atoms with Gasteiger partial charge in [0.1, 0.15) is 6.29 Å². The second-order valence-corrected chi connectivity index (χ2v) is 2.74. The Morgan fingerprint density at radius 3 is 2.75 bits per heavy atom. The number of carbonyl (C=O) groups excluding carboxylic acids is 1. The highest BCUT2D eigenvalue weighted by molar-refractivity contribution is 5.77. The summed E-state index contributed by atoms with van der Waals surface area (Å²) in [4.78, 5) is 10.5. The van der Waals surface area contributed by atoms with Gasteiger partial charge in [-0.2, -0.15) is 0 Å². The molecule has 0 radical (unpaired) electrons. The van der Waals surface area contributed by atoms with Gasteiger partial charge in [0.2, 0.25) is 0 Å². The fourth-order valence-corrected chi connectivity index (χ4v) is 1.13. The summed E-state index contributed by atoms with van der Waals surface area (Å²) in [6, 6.07) is 5.68. The molecule has 0 fully saturated rings. The summed E-state index contributed by atoms with van der Waals surface area (Å²) in [7, 11) is 1.66. The zero-order valence-electron chi connectivity index (χ0n) is 7.33. The van der Waals surface area contributed by atoms with E-state index < -0.39 is 0 Å². The van der Waals surface area contributed by atoms with Crippen LogP contribution in [0.15, 0.2) is 18.2 Å². The van der Waals surface area contributed by atoms with Crippen molar-refractivity contribution in [2.45, 2.75) is 13.5 Å². The van der Waals surface area contributed by atoms with Gasteiger partial charge >= 0.3 is 0 Å². The number of rotatable bonds is 3. The number of benzene rings is 1. The third-order valence-electron chi connectivity index (χ3n) is 1.77. The van der Waals surface area contributed by atoms with E-state index in [9.17, 15) is 4.79 Å². The van der Waals surface area contributed by atoms with E-state index in [4.69, 9.17) is 4.74 Å². The first-order valence-corrected chi connectivity index (χ1v) is 3.81. The summed E-state index contributed by atoms with van der Waals surface area (Å²) in [6.45, 7) is 2.52. The van der Waals surface area contributed by atoms with Gasteiger partial charge in [0.25, 0.3) is 0 Å². The zero-order valence-corrected chi connectivity index (χ0v) is 7.33. The Labute approximate surface area is 72.2 Å². The van der Waals surface area contributed by atoms with Crippen LogP contribution in [-0.2, 0) is 11.3 Å². The van der Waals surface area contributed by atoms with E-state index in [1.165, 1.54) is 0 Å². The molecule has 1 aromatic rings. The smallest absolute Gasteiger partial charge is 0.150 e. The SMILES string of the molecule is COCc1ccc(C=O)c(C)c1. The Morgan fingerprint density at radius 1 is 1.50 bits per heavy atom. The average Bonchev–Trinajstić information content (AvgIpc) is 2.05. The minimum atomic E-state index is 0.597. The van der Waals surface area contributed by atoms with E-state index in [2.05, 4.69) is 0 Å². The molecule has 0 atom stereocenters. The van der Waals surface area contributed by atoms with Crippen LogP contribution in [0.25, 0.3) is 0 Å². The first-order chi connectivity index (χ1) is 5.77. The van der Waals surface area contributed by atoms with E-state index in [0.29, 0.717) is 6.61 Å². The predicted molar refractivity (Wildman–Crippen MR) is 47.3 cm³/mol. The lowest BCUT2D eigenvalue weighted by atomic mass is 10.1. The number of aryl methyl sites for hydroxylation is 1. The molecular weight excluding hydrogens is 152 g/mol.